The molecule has 2 aromatic rings. The maximum Gasteiger partial charge on any atom is 0.138 e. The lowest BCUT2D eigenvalue weighted by molar-refractivity contribution is 0.459. The van der Waals surface area contributed by atoms with Crippen molar-refractivity contribution in [3.05, 3.63) is 41.7 Å². The van der Waals surface area contributed by atoms with Crippen molar-refractivity contribution >= 4 is 0 Å². The van der Waals surface area contributed by atoms with Crippen molar-refractivity contribution in [2.75, 3.05) is 0 Å². The molecule has 0 fully saturated rings. The summed E-state index contributed by atoms with van der Waals surface area (Å²) in [5.74, 6) is 1.47. The Hall–Kier alpha value is -1.75. The van der Waals surface area contributed by atoms with Crippen LogP contribution in [0, 0.1) is 12.8 Å². The molecule has 0 amide bonds. The summed E-state index contributed by atoms with van der Waals surface area (Å²) in [5, 5.41) is 4.25. The van der Waals surface area contributed by atoms with Crippen LogP contribution in [0.25, 0.3) is 0 Å². The van der Waals surface area contributed by atoms with E-state index in [-0.39, 0.29) is 6.04 Å². The summed E-state index contributed by atoms with van der Waals surface area (Å²) >= 11 is 0. The summed E-state index contributed by atoms with van der Waals surface area (Å²) in [5.41, 5.74) is 8.40. The molecule has 1 unspecified atom stereocenters. The van der Waals surface area contributed by atoms with Crippen LogP contribution in [0.5, 0.6) is 0 Å². The second kappa shape index (κ2) is 5.93. The van der Waals surface area contributed by atoms with Crippen molar-refractivity contribution in [1.29, 1.82) is 0 Å². The summed E-state index contributed by atoms with van der Waals surface area (Å²) in [6, 6.07) is 1.98. The van der Waals surface area contributed by atoms with Gasteiger partial charge in [-0.05, 0) is 24.0 Å². The lowest BCUT2D eigenvalue weighted by Gasteiger charge is -2.13. The molecule has 19 heavy (non-hydrogen) atoms. The molecule has 5 nitrogen and oxygen atoms in total. The molecule has 1 atom stereocenters. The molecule has 2 rings (SSSR count). The average molecular weight is 259 g/mol. The SMILES string of the molecule is Cc1cncc(C(N)Cc2ncnn2CC(C)C)c1. The van der Waals surface area contributed by atoms with Crippen molar-refractivity contribution in [2.24, 2.45) is 11.7 Å². The molecule has 2 heterocycles. The molecule has 0 saturated carbocycles. The molecule has 0 saturated heterocycles. The van der Waals surface area contributed by atoms with Crippen molar-refractivity contribution in [3.8, 4) is 0 Å². The van der Waals surface area contributed by atoms with Gasteiger partial charge in [0, 0.05) is 31.4 Å². The second-order valence-corrected chi connectivity index (χ2v) is 5.36. The van der Waals surface area contributed by atoms with E-state index in [2.05, 4.69) is 35.0 Å². The summed E-state index contributed by atoms with van der Waals surface area (Å²) in [4.78, 5) is 8.49. The first-order chi connectivity index (χ1) is 9.06. The third kappa shape index (κ3) is 3.61. The van der Waals surface area contributed by atoms with Gasteiger partial charge in [-0.2, -0.15) is 5.10 Å². The highest BCUT2D eigenvalue weighted by molar-refractivity contribution is 5.20. The van der Waals surface area contributed by atoms with Gasteiger partial charge in [-0.25, -0.2) is 9.67 Å². The first kappa shape index (κ1) is 13.7. The number of hydrogen-bond donors (Lipinski definition) is 1. The zero-order chi connectivity index (χ0) is 13.8. The lowest BCUT2D eigenvalue weighted by Crippen LogP contribution is -2.18. The number of nitrogens with zero attached hydrogens (tertiary/aromatic N) is 4. The van der Waals surface area contributed by atoms with Crippen molar-refractivity contribution in [3.63, 3.8) is 0 Å². The van der Waals surface area contributed by atoms with E-state index >= 15 is 0 Å². The normalized spacial score (nSPS) is 12.9. The molecule has 0 spiro atoms. The predicted octanol–water partition coefficient (Wildman–Crippen LogP) is 1.88. The Labute approximate surface area is 113 Å². The van der Waals surface area contributed by atoms with Crippen LogP contribution in [0.3, 0.4) is 0 Å². The van der Waals surface area contributed by atoms with Crippen LogP contribution in [-0.4, -0.2) is 19.7 Å². The van der Waals surface area contributed by atoms with Crippen molar-refractivity contribution in [1.82, 2.24) is 19.7 Å². The minimum atomic E-state index is -0.0949. The van der Waals surface area contributed by atoms with Gasteiger partial charge in [-0.1, -0.05) is 19.9 Å². The van der Waals surface area contributed by atoms with Crippen LogP contribution in [0.2, 0.25) is 0 Å². The van der Waals surface area contributed by atoms with E-state index in [0.29, 0.717) is 12.3 Å². The van der Waals surface area contributed by atoms with Gasteiger partial charge in [0.25, 0.3) is 0 Å². The quantitative estimate of drug-likeness (QED) is 0.890. The summed E-state index contributed by atoms with van der Waals surface area (Å²) in [7, 11) is 0. The number of aryl methyl sites for hydroxylation is 1. The molecule has 0 aliphatic carbocycles. The van der Waals surface area contributed by atoms with E-state index in [1.54, 1.807) is 6.33 Å². The van der Waals surface area contributed by atoms with Gasteiger partial charge in [0.1, 0.15) is 12.2 Å². The van der Waals surface area contributed by atoms with Crippen LogP contribution in [0.1, 0.15) is 36.8 Å². The highest BCUT2D eigenvalue weighted by Crippen LogP contribution is 2.15. The van der Waals surface area contributed by atoms with E-state index in [9.17, 15) is 0 Å². The van der Waals surface area contributed by atoms with Gasteiger partial charge in [0.05, 0.1) is 0 Å². The molecule has 2 aromatic heterocycles. The fourth-order valence-corrected chi connectivity index (χ4v) is 2.04. The maximum absolute atomic E-state index is 6.23. The summed E-state index contributed by atoms with van der Waals surface area (Å²) in [6.45, 7) is 7.21. The molecule has 5 heteroatoms. The fourth-order valence-electron chi connectivity index (χ4n) is 2.04. The van der Waals surface area contributed by atoms with Crippen LogP contribution >= 0.6 is 0 Å². The summed E-state index contributed by atoms with van der Waals surface area (Å²) in [6.07, 6.45) is 5.93. The first-order valence-electron chi connectivity index (χ1n) is 6.60. The smallest absolute Gasteiger partial charge is 0.138 e. The van der Waals surface area contributed by atoms with Crippen LogP contribution in [-0.2, 0) is 13.0 Å². The molecule has 0 aliphatic heterocycles. The fraction of sp³-hybridized carbons (Fsp3) is 0.500. The number of rotatable bonds is 5. The van der Waals surface area contributed by atoms with Crippen molar-refractivity contribution < 1.29 is 0 Å². The number of pyridine rings is 1. The topological polar surface area (TPSA) is 69.6 Å². The Morgan fingerprint density at radius 1 is 1.32 bits per heavy atom. The van der Waals surface area contributed by atoms with E-state index in [1.165, 1.54) is 0 Å². The van der Waals surface area contributed by atoms with Crippen LogP contribution < -0.4 is 5.73 Å². The van der Waals surface area contributed by atoms with Gasteiger partial charge in [0.15, 0.2) is 0 Å². The zero-order valence-electron chi connectivity index (χ0n) is 11.7. The molecular formula is C14H21N5. The third-order valence-electron chi connectivity index (χ3n) is 2.96. The molecule has 0 bridgehead atoms. The Morgan fingerprint density at radius 3 is 2.79 bits per heavy atom. The van der Waals surface area contributed by atoms with E-state index in [1.807, 2.05) is 24.0 Å². The zero-order valence-corrected chi connectivity index (χ0v) is 11.7. The Morgan fingerprint density at radius 2 is 2.11 bits per heavy atom. The first-order valence-corrected chi connectivity index (χ1v) is 6.60. The molecule has 0 aliphatic rings. The average Bonchev–Trinajstić information content (AvgIpc) is 2.75. The van der Waals surface area contributed by atoms with E-state index in [4.69, 9.17) is 5.73 Å². The van der Waals surface area contributed by atoms with Crippen LogP contribution in [0.4, 0.5) is 0 Å². The summed E-state index contributed by atoms with van der Waals surface area (Å²) < 4.78 is 1.94. The molecule has 0 radical (unpaired) electrons. The Balaban J connectivity index is 2.10. The van der Waals surface area contributed by atoms with Crippen molar-refractivity contribution in [2.45, 2.75) is 39.8 Å². The van der Waals surface area contributed by atoms with Gasteiger partial charge < -0.3 is 5.73 Å². The molecular weight excluding hydrogens is 238 g/mol. The Kier molecular flexibility index (Phi) is 4.27. The molecule has 2 N–H and O–H groups in total. The highest BCUT2D eigenvalue weighted by atomic mass is 15.3. The lowest BCUT2D eigenvalue weighted by atomic mass is 10.1. The second-order valence-electron chi connectivity index (χ2n) is 5.36. The Bertz CT molecular complexity index is 532. The molecule has 102 valence electrons. The van der Waals surface area contributed by atoms with Crippen LogP contribution in [0.15, 0.2) is 24.8 Å². The number of nitrogens with two attached hydrogens (primary N) is 1. The van der Waals surface area contributed by atoms with Gasteiger partial charge in [0.2, 0.25) is 0 Å². The number of aromatic nitrogens is 4. The highest BCUT2D eigenvalue weighted by Gasteiger charge is 2.13. The maximum atomic E-state index is 6.23. The standard InChI is InChI=1S/C14H21N5/c1-10(2)8-19-14(17-9-18-19)5-13(15)12-4-11(3)6-16-7-12/h4,6-7,9-10,13H,5,8,15H2,1-3H3. The minimum Gasteiger partial charge on any atom is -0.324 e. The third-order valence-corrected chi connectivity index (χ3v) is 2.96. The minimum absolute atomic E-state index is 0.0949. The van der Waals surface area contributed by atoms with Gasteiger partial charge >= 0.3 is 0 Å². The van der Waals surface area contributed by atoms with E-state index < -0.39 is 0 Å². The van der Waals surface area contributed by atoms with Gasteiger partial charge in [-0.3, -0.25) is 4.98 Å². The molecule has 0 aromatic carbocycles. The largest absolute Gasteiger partial charge is 0.324 e. The van der Waals surface area contributed by atoms with E-state index in [0.717, 1.165) is 23.5 Å². The monoisotopic (exact) mass is 259 g/mol. The van der Waals surface area contributed by atoms with Gasteiger partial charge in [-0.15, -0.1) is 0 Å². The predicted molar refractivity (Wildman–Crippen MR) is 74.5 cm³/mol. The number of hydrogen-bond acceptors (Lipinski definition) is 4.